The van der Waals surface area contributed by atoms with Crippen LogP contribution in [0.3, 0.4) is 0 Å². The van der Waals surface area contributed by atoms with E-state index in [1.807, 2.05) is 0 Å². The fourth-order valence-corrected chi connectivity index (χ4v) is 3.06. The summed E-state index contributed by atoms with van der Waals surface area (Å²) in [4.78, 5) is 11.4. The van der Waals surface area contributed by atoms with Gasteiger partial charge in [-0.2, -0.15) is 8.78 Å². The van der Waals surface area contributed by atoms with Gasteiger partial charge in [0.05, 0.1) is 12.2 Å². The lowest BCUT2D eigenvalue weighted by molar-refractivity contribution is -0.189. The molecule has 0 saturated heterocycles. The molecule has 0 fully saturated rings. The third-order valence-electron chi connectivity index (χ3n) is 3.64. The molecule has 0 aliphatic carbocycles. The Kier molecular flexibility index (Phi) is 7.17. The van der Waals surface area contributed by atoms with E-state index in [4.69, 9.17) is 4.74 Å². The number of halogens is 7. The Morgan fingerprint density at radius 2 is 1.76 bits per heavy atom. The van der Waals surface area contributed by atoms with Crippen molar-refractivity contribution in [2.24, 2.45) is 0 Å². The minimum atomic E-state index is -4.42. The molecular formula is C18H13BrF6O4. The van der Waals surface area contributed by atoms with E-state index in [0.717, 1.165) is 24.3 Å². The molecule has 0 amide bonds. The first kappa shape index (κ1) is 23.0. The van der Waals surface area contributed by atoms with Gasteiger partial charge in [-0.15, -0.1) is 0 Å². The van der Waals surface area contributed by atoms with E-state index in [0.29, 0.717) is 6.07 Å². The van der Waals surface area contributed by atoms with Gasteiger partial charge in [0.15, 0.2) is 6.10 Å². The fraction of sp³-hybridized carbons (Fsp3) is 0.278. The number of rotatable bonds is 7. The zero-order chi connectivity index (χ0) is 21.9. The number of hydrogen-bond acceptors (Lipinski definition) is 4. The Morgan fingerprint density at radius 1 is 1.17 bits per heavy atom. The van der Waals surface area contributed by atoms with Gasteiger partial charge in [0.1, 0.15) is 23.1 Å². The lowest BCUT2D eigenvalue weighted by Gasteiger charge is -2.23. The Bertz CT molecular complexity index is 886. The topological polar surface area (TPSA) is 55.8 Å². The second kappa shape index (κ2) is 9.04. The predicted octanol–water partition coefficient (Wildman–Crippen LogP) is 5.69. The summed E-state index contributed by atoms with van der Waals surface area (Å²) >= 11 is 2.70. The highest BCUT2D eigenvalue weighted by atomic mass is 79.9. The number of hydrogen-bond donors (Lipinski definition) is 1. The van der Waals surface area contributed by atoms with Crippen molar-refractivity contribution in [2.45, 2.75) is 25.4 Å². The molecule has 29 heavy (non-hydrogen) atoms. The smallest absolute Gasteiger partial charge is 0.380 e. The van der Waals surface area contributed by atoms with Crippen LogP contribution < -0.4 is 4.74 Å². The van der Waals surface area contributed by atoms with Crippen molar-refractivity contribution >= 4 is 21.9 Å². The second-order valence-electron chi connectivity index (χ2n) is 5.63. The highest BCUT2D eigenvalue weighted by Crippen LogP contribution is 2.44. The molecule has 0 bridgehead atoms. The van der Waals surface area contributed by atoms with Crippen LogP contribution in [0.1, 0.15) is 30.6 Å². The van der Waals surface area contributed by atoms with Crippen molar-refractivity contribution in [3.8, 4) is 11.5 Å². The molecule has 0 aliphatic heterocycles. The SMILES string of the molecule is CCOC(=O)C(F)(F)C(O)c1ccc(Oc2cc(F)cc(F)c2)c(C(F)F)c1Br. The first-order chi connectivity index (χ1) is 13.5. The average molecular weight is 487 g/mol. The molecule has 2 aromatic carbocycles. The zero-order valence-electron chi connectivity index (χ0n) is 14.6. The van der Waals surface area contributed by atoms with Crippen LogP contribution in [-0.2, 0) is 9.53 Å². The van der Waals surface area contributed by atoms with Gasteiger partial charge in [0, 0.05) is 28.2 Å². The van der Waals surface area contributed by atoms with E-state index in [9.17, 15) is 36.2 Å². The molecule has 0 aliphatic rings. The molecule has 1 unspecified atom stereocenters. The second-order valence-corrected chi connectivity index (χ2v) is 6.43. The summed E-state index contributed by atoms with van der Waals surface area (Å²) in [5.74, 6) is -9.58. The van der Waals surface area contributed by atoms with E-state index in [1.54, 1.807) is 0 Å². The minimum absolute atomic E-state index is 0.387. The number of aliphatic hydroxyl groups is 1. The molecule has 1 N–H and O–H groups in total. The summed E-state index contributed by atoms with van der Waals surface area (Å²) in [6.07, 6.45) is -6.10. The van der Waals surface area contributed by atoms with Gasteiger partial charge in [-0.05, 0) is 28.9 Å². The lowest BCUT2D eigenvalue weighted by Crippen LogP contribution is -2.37. The van der Waals surface area contributed by atoms with Crippen molar-refractivity contribution in [2.75, 3.05) is 6.61 Å². The van der Waals surface area contributed by atoms with Crippen LogP contribution in [-0.4, -0.2) is 23.6 Å². The number of benzene rings is 2. The number of alkyl halides is 4. The van der Waals surface area contributed by atoms with Crippen molar-refractivity contribution < 1.29 is 45.7 Å². The summed E-state index contributed by atoms with van der Waals surface area (Å²) in [5, 5.41) is 9.92. The first-order valence-electron chi connectivity index (χ1n) is 7.96. The highest BCUT2D eigenvalue weighted by molar-refractivity contribution is 9.10. The van der Waals surface area contributed by atoms with E-state index in [-0.39, 0.29) is 6.61 Å². The normalized spacial score (nSPS) is 12.8. The van der Waals surface area contributed by atoms with Gasteiger partial charge in [-0.1, -0.05) is 6.07 Å². The van der Waals surface area contributed by atoms with Crippen molar-refractivity contribution in [1.29, 1.82) is 0 Å². The van der Waals surface area contributed by atoms with Crippen molar-refractivity contribution in [3.05, 3.63) is 57.6 Å². The first-order valence-corrected chi connectivity index (χ1v) is 8.75. The van der Waals surface area contributed by atoms with Crippen LogP contribution >= 0.6 is 15.9 Å². The maximum Gasteiger partial charge on any atom is 0.380 e. The molecule has 0 heterocycles. The van der Waals surface area contributed by atoms with Crippen LogP contribution in [0.4, 0.5) is 26.3 Å². The maximum absolute atomic E-state index is 14.1. The fourth-order valence-electron chi connectivity index (χ4n) is 2.34. The summed E-state index contributed by atoms with van der Waals surface area (Å²) in [6.45, 7) is 0.883. The van der Waals surface area contributed by atoms with Gasteiger partial charge < -0.3 is 14.6 Å². The van der Waals surface area contributed by atoms with E-state index < -0.39 is 63.2 Å². The number of carbonyl (C=O) groups excluding carboxylic acids is 1. The number of ether oxygens (including phenoxy) is 2. The summed E-state index contributed by atoms with van der Waals surface area (Å²) in [6, 6.07) is 3.59. The third-order valence-corrected chi connectivity index (χ3v) is 4.52. The summed E-state index contributed by atoms with van der Waals surface area (Å²) in [5.41, 5.74) is -1.71. The molecule has 2 rings (SSSR count). The zero-order valence-corrected chi connectivity index (χ0v) is 16.2. The van der Waals surface area contributed by atoms with Crippen LogP contribution in [0.5, 0.6) is 11.5 Å². The molecular weight excluding hydrogens is 474 g/mol. The summed E-state index contributed by atoms with van der Waals surface area (Å²) < 4.78 is 90.4. The molecule has 0 radical (unpaired) electrons. The Hall–Kier alpha value is -2.27. The van der Waals surface area contributed by atoms with Gasteiger partial charge in [0.25, 0.3) is 6.43 Å². The van der Waals surface area contributed by atoms with Gasteiger partial charge >= 0.3 is 11.9 Å². The monoisotopic (exact) mass is 486 g/mol. The maximum atomic E-state index is 14.1. The predicted molar refractivity (Wildman–Crippen MR) is 92.1 cm³/mol. The Labute approximate surface area is 169 Å². The average Bonchev–Trinajstić information content (AvgIpc) is 2.60. The van der Waals surface area contributed by atoms with Crippen molar-refractivity contribution in [3.63, 3.8) is 0 Å². The van der Waals surface area contributed by atoms with Crippen LogP contribution in [0.15, 0.2) is 34.8 Å². The highest BCUT2D eigenvalue weighted by Gasteiger charge is 2.50. The van der Waals surface area contributed by atoms with Gasteiger partial charge in [-0.25, -0.2) is 22.4 Å². The van der Waals surface area contributed by atoms with Gasteiger partial charge in [-0.3, -0.25) is 0 Å². The molecule has 2 aromatic rings. The molecule has 0 spiro atoms. The third kappa shape index (κ3) is 5.02. The Morgan fingerprint density at radius 3 is 2.28 bits per heavy atom. The largest absolute Gasteiger partial charge is 0.461 e. The van der Waals surface area contributed by atoms with Crippen molar-refractivity contribution in [1.82, 2.24) is 0 Å². The number of carbonyl (C=O) groups is 1. The number of esters is 1. The molecule has 0 aromatic heterocycles. The molecule has 1 atom stereocenters. The standard InChI is InChI=1S/C18H13BrF6O4/c1-2-28-17(27)18(24,25)15(26)11-3-4-12(13(14(11)19)16(22)23)29-10-6-8(20)5-9(21)7-10/h3-7,15-16,26H,2H2,1H3. The molecule has 0 saturated carbocycles. The van der Waals surface area contributed by atoms with Crippen LogP contribution in [0, 0.1) is 11.6 Å². The van der Waals surface area contributed by atoms with Crippen LogP contribution in [0.25, 0.3) is 0 Å². The van der Waals surface area contributed by atoms with E-state index in [1.165, 1.54) is 6.92 Å². The molecule has 11 heteroatoms. The molecule has 158 valence electrons. The van der Waals surface area contributed by atoms with E-state index in [2.05, 4.69) is 20.7 Å². The quantitative estimate of drug-likeness (QED) is 0.403. The van der Waals surface area contributed by atoms with E-state index >= 15 is 0 Å². The van der Waals surface area contributed by atoms with Gasteiger partial charge in [0.2, 0.25) is 0 Å². The number of aliphatic hydroxyl groups excluding tert-OH is 1. The Balaban J connectivity index is 2.48. The van der Waals surface area contributed by atoms with Crippen LogP contribution in [0.2, 0.25) is 0 Å². The molecule has 4 nitrogen and oxygen atoms in total. The minimum Gasteiger partial charge on any atom is -0.461 e. The lowest BCUT2D eigenvalue weighted by atomic mass is 10.0. The summed E-state index contributed by atoms with van der Waals surface area (Å²) in [7, 11) is 0.